The minimum atomic E-state index is -0.316. The fraction of sp³-hybridized carbons (Fsp3) is 0.150. The molecule has 0 saturated heterocycles. The molecule has 1 atom stereocenters. The van der Waals surface area contributed by atoms with Crippen LogP contribution in [0, 0.1) is 6.92 Å². The number of fused-ring (bicyclic) bond motifs is 1. The van der Waals surface area contributed by atoms with E-state index in [1.54, 1.807) is 0 Å². The van der Waals surface area contributed by atoms with E-state index in [9.17, 15) is 4.79 Å². The second-order valence-corrected chi connectivity index (χ2v) is 5.79. The minimum Gasteiger partial charge on any atom is -0.374 e. The Morgan fingerprint density at radius 3 is 2.43 bits per heavy atom. The van der Waals surface area contributed by atoms with Gasteiger partial charge in [-0.3, -0.25) is 4.79 Å². The van der Waals surface area contributed by atoms with Crippen LogP contribution < -0.4 is 10.6 Å². The summed E-state index contributed by atoms with van der Waals surface area (Å²) in [5.74, 6) is -0.0539. The van der Waals surface area contributed by atoms with Gasteiger partial charge in [-0.15, -0.1) is 0 Å². The maximum Gasteiger partial charge on any atom is 0.246 e. The van der Waals surface area contributed by atoms with Crippen LogP contribution in [-0.2, 0) is 4.79 Å². The van der Waals surface area contributed by atoms with Crippen molar-refractivity contribution in [1.82, 2.24) is 0 Å². The molecule has 3 rings (SSSR count). The van der Waals surface area contributed by atoms with Crippen molar-refractivity contribution in [1.29, 1.82) is 0 Å². The number of aryl methyl sites for hydroxylation is 1. The number of hydrogen-bond acceptors (Lipinski definition) is 2. The minimum absolute atomic E-state index is 0.0539. The molecule has 23 heavy (non-hydrogen) atoms. The smallest absolute Gasteiger partial charge is 0.246 e. The topological polar surface area (TPSA) is 41.1 Å². The Hall–Kier alpha value is -2.81. The zero-order valence-corrected chi connectivity index (χ0v) is 13.3. The van der Waals surface area contributed by atoms with E-state index in [0.717, 1.165) is 27.7 Å². The molecular weight excluding hydrogens is 284 g/mol. The van der Waals surface area contributed by atoms with E-state index in [2.05, 4.69) is 16.7 Å². The molecule has 0 radical (unpaired) electrons. The third-order valence-electron chi connectivity index (χ3n) is 3.81. The van der Waals surface area contributed by atoms with Crippen LogP contribution in [0.1, 0.15) is 12.5 Å². The zero-order chi connectivity index (χ0) is 16.2. The molecule has 0 saturated carbocycles. The summed E-state index contributed by atoms with van der Waals surface area (Å²) in [5, 5.41) is 8.47. The van der Waals surface area contributed by atoms with Crippen molar-refractivity contribution >= 4 is 28.1 Å². The second-order valence-electron chi connectivity index (χ2n) is 5.79. The highest BCUT2D eigenvalue weighted by Gasteiger charge is 2.13. The lowest BCUT2D eigenvalue weighted by atomic mass is 10.1. The number of carbonyl (C=O) groups is 1. The SMILES string of the molecule is Cc1cccc(N[C@@H](C)C(=O)Nc2ccc3ccccc3c2)c1. The van der Waals surface area contributed by atoms with Gasteiger partial charge in [0.15, 0.2) is 0 Å². The van der Waals surface area contributed by atoms with Gasteiger partial charge in [-0.25, -0.2) is 0 Å². The van der Waals surface area contributed by atoms with Gasteiger partial charge in [-0.1, -0.05) is 42.5 Å². The second kappa shape index (κ2) is 6.53. The van der Waals surface area contributed by atoms with Crippen LogP contribution in [0.15, 0.2) is 66.7 Å². The predicted octanol–water partition coefficient (Wildman–Crippen LogP) is 4.59. The molecule has 0 aliphatic rings. The van der Waals surface area contributed by atoms with Gasteiger partial charge in [0, 0.05) is 11.4 Å². The predicted molar refractivity (Wildman–Crippen MR) is 96.8 cm³/mol. The average Bonchev–Trinajstić information content (AvgIpc) is 2.54. The fourth-order valence-electron chi connectivity index (χ4n) is 2.57. The first-order valence-corrected chi connectivity index (χ1v) is 7.75. The molecule has 0 bridgehead atoms. The van der Waals surface area contributed by atoms with Crippen molar-refractivity contribution < 1.29 is 4.79 Å². The summed E-state index contributed by atoms with van der Waals surface area (Å²) < 4.78 is 0. The van der Waals surface area contributed by atoms with Crippen molar-refractivity contribution in [2.75, 3.05) is 10.6 Å². The van der Waals surface area contributed by atoms with Gasteiger partial charge >= 0.3 is 0 Å². The lowest BCUT2D eigenvalue weighted by Crippen LogP contribution is -2.31. The van der Waals surface area contributed by atoms with Gasteiger partial charge in [-0.2, -0.15) is 0 Å². The Morgan fingerprint density at radius 1 is 0.870 bits per heavy atom. The van der Waals surface area contributed by atoms with E-state index in [4.69, 9.17) is 0 Å². The first kappa shape index (κ1) is 15.1. The summed E-state index contributed by atoms with van der Waals surface area (Å²) in [7, 11) is 0. The number of amides is 1. The Balaban J connectivity index is 1.69. The Labute approximate surface area is 136 Å². The maximum absolute atomic E-state index is 12.4. The van der Waals surface area contributed by atoms with Gasteiger partial charge in [0.25, 0.3) is 0 Å². The molecule has 3 aromatic carbocycles. The molecule has 3 nitrogen and oxygen atoms in total. The molecular formula is C20H20N2O. The first-order valence-electron chi connectivity index (χ1n) is 7.75. The lowest BCUT2D eigenvalue weighted by Gasteiger charge is -2.16. The van der Waals surface area contributed by atoms with E-state index in [1.807, 2.05) is 74.5 Å². The zero-order valence-electron chi connectivity index (χ0n) is 13.3. The monoisotopic (exact) mass is 304 g/mol. The normalized spacial score (nSPS) is 11.9. The Bertz CT molecular complexity index is 842. The highest BCUT2D eigenvalue weighted by molar-refractivity contribution is 5.98. The van der Waals surface area contributed by atoms with E-state index < -0.39 is 0 Å². The van der Waals surface area contributed by atoms with Gasteiger partial charge in [-0.05, 0) is 54.4 Å². The van der Waals surface area contributed by atoms with Crippen molar-refractivity contribution in [3.8, 4) is 0 Å². The molecule has 0 fully saturated rings. The average molecular weight is 304 g/mol. The molecule has 2 N–H and O–H groups in total. The summed E-state index contributed by atoms with van der Waals surface area (Å²) in [6.45, 7) is 3.89. The molecule has 0 aliphatic carbocycles. The first-order chi connectivity index (χ1) is 11.1. The van der Waals surface area contributed by atoms with Gasteiger partial charge < -0.3 is 10.6 Å². The number of anilines is 2. The summed E-state index contributed by atoms with van der Waals surface area (Å²) in [6, 6.07) is 21.7. The van der Waals surface area contributed by atoms with E-state index in [1.165, 1.54) is 0 Å². The number of benzene rings is 3. The summed E-state index contributed by atoms with van der Waals surface area (Å²) in [5.41, 5.74) is 2.93. The lowest BCUT2D eigenvalue weighted by molar-refractivity contribution is -0.116. The fourth-order valence-corrected chi connectivity index (χ4v) is 2.57. The summed E-state index contributed by atoms with van der Waals surface area (Å²) in [4.78, 5) is 12.4. The van der Waals surface area contributed by atoms with E-state index >= 15 is 0 Å². The van der Waals surface area contributed by atoms with Crippen LogP contribution in [0.25, 0.3) is 10.8 Å². The highest BCUT2D eigenvalue weighted by Crippen LogP contribution is 2.19. The molecule has 0 aromatic heterocycles. The van der Waals surface area contributed by atoms with Crippen LogP contribution in [0.4, 0.5) is 11.4 Å². The maximum atomic E-state index is 12.4. The van der Waals surface area contributed by atoms with Crippen LogP contribution >= 0.6 is 0 Å². The molecule has 0 aliphatic heterocycles. The molecule has 0 unspecified atom stereocenters. The quantitative estimate of drug-likeness (QED) is 0.740. The van der Waals surface area contributed by atoms with Crippen molar-refractivity contribution in [3.05, 3.63) is 72.3 Å². The largest absolute Gasteiger partial charge is 0.374 e. The van der Waals surface area contributed by atoms with Crippen LogP contribution in [0.5, 0.6) is 0 Å². The van der Waals surface area contributed by atoms with Crippen molar-refractivity contribution in [2.45, 2.75) is 19.9 Å². The molecule has 1 amide bonds. The van der Waals surface area contributed by atoms with Gasteiger partial charge in [0.2, 0.25) is 5.91 Å². The molecule has 3 heteroatoms. The molecule has 0 spiro atoms. The third-order valence-corrected chi connectivity index (χ3v) is 3.81. The Morgan fingerprint density at radius 2 is 1.65 bits per heavy atom. The van der Waals surface area contributed by atoms with E-state index in [-0.39, 0.29) is 11.9 Å². The number of nitrogens with one attached hydrogen (secondary N) is 2. The highest BCUT2D eigenvalue weighted by atomic mass is 16.2. The summed E-state index contributed by atoms with van der Waals surface area (Å²) >= 11 is 0. The van der Waals surface area contributed by atoms with Crippen LogP contribution in [-0.4, -0.2) is 11.9 Å². The Kier molecular flexibility index (Phi) is 4.29. The van der Waals surface area contributed by atoms with Crippen molar-refractivity contribution in [2.24, 2.45) is 0 Å². The molecule has 0 heterocycles. The molecule has 3 aromatic rings. The van der Waals surface area contributed by atoms with Crippen LogP contribution in [0.2, 0.25) is 0 Å². The number of rotatable bonds is 4. The number of carbonyl (C=O) groups excluding carboxylic acids is 1. The number of hydrogen-bond donors (Lipinski definition) is 2. The van der Waals surface area contributed by atoms with E-state index in [0.29, 0.717) is 0 Å². The van der Waals surface area contributed by atoms with Crippen LogP contribution in [0.3, 0.4) is 0 Å². The third kappa shape index (κ3) is 3.69. The van der Waals surface area contributed by atoms with Gasteiger partial charge in [0.05, 0.1) is 0 Å². The molecule has 116 valence electrons. The standard InChI is InChI=1S/C20H20N2O/c1-14-6-5-9-18(12-14)21-15(2)20(23)22-19-11-10-16-7-3-4-8-17(16)13-19/h3-13,15,21H,1-2H3,(H,22,23)/t15-/m0/s1. The van der Waals surface area contributed by atoms with Crippen molar-refractivity contribution in [3.63, 3.8) is 0 Å². The van der Waals surface area contributed by atoms with Gasteiger partial charge in [0.1, 0.15) is 6.04 Å². The summed E-state index contributed by atoms with van der Waals surface area (Å²) in [6.07, 6.45) is 0.